The first kappa shape index (κ1) is 19.8. The molecule has 1 aliphatic heterocycles. The number of amides is 3. The van der Waals surface area contributed by atoms with E-state index in [4.69, 9.17) is 11.6 Å². The molecule has 0 bridgehead atoms. The highest BCUT2D eigenvalue weighted by atomic mass is 35.5. The number of nitrogens with one attached hydrogen (secondary N) is 1. The van der Waals surface area contributed by atoms with E-state index in [-0.39, 0.29) is 11.9 Å². The third kappa shape index (κ3) is 4.73. The van der Waals surface area contributed by atoms with Crippen LogP contribution in [-0.4, -0.2) is 47.9 Å². The molecule has 4 rings (SSSR count). The van der Waals surface area contributed by atoms with Gasteiger partial charge in [-0.2, -0.15) is 0 Å². The van der Waals surface area contributed by atoms with Crippen LogP contribution in [0.15, 0.2) is 48.5 Å². The number of nitrogens with zero attached hydrogens (tertiary/aromatic N) is 2. The normalized spacial score (nSPS) is 18.9. The third-order valence-corrected chi connectivity index (χ3v) is 6.12. The second kappa shape index (κ2) is 8.87. The molecule has 1 N–H and O–H groups in total. The van der Waals surface area contributed by atoms with Gasteiger partial charge in [-0.05, 0) is 54.5 Å². The molecule has 1 saturated heterocycles. The molecule has 152 valence electrons. The second-order valence-corrected chi connectivity index (χ2v) is 8.24. The molecule has 3 amide bonds. The molecule has 0 radical (unpaired) electrons. The maximum atomic E-state index is 12.9. The van der Waals surface area contributed by atoms with Gasteiger partial charge in [0, 0.05) is 43.3 Å². The van der Waals surface area contributed by atoms with Crippen molar-refractivity contribution in [3.63, 3.8) is 0 Å². The van der Waals surface area contributed by atoms with E-state index in [1.165, 1.54) is 11.1 Å². The number of carbonyl (C=O) groups is 2. The molecule has 2 aliphatic rings. The van der Waals surface area contributed by atoms with Crippen molar-refractivity contribution in [2.24, 2.45) is 0 Å². The zero-order chi connectivity index (χ0) is 20.2. The maximum Gasteiger partial charge on any atom is 0.321 e. The molecule has 5 nitrogen and oxygen atoms in total. The highest BCUT2D eigenvalue weighted by Gasteiger charge is 2.28. The zero-order valence-corrected chi connectivity index (χ0v) is 17.2. The van der Waals surface area contributed by atoms with Crippen molar-refractivity contribution in [2.45, 2.75) is 31.6 Å². The largest absolute Gasteiger partial charge is 0.341 e. The van der Waals surface area contributed by atoms with Crippen molar-refractivity contribution in [3.05, 3.63) is 64.7 Å². The molecule has 0 aromatic heterocycles. The predicted octanol–water partition coefficient (Wildman–Crippen LogP) is 4.53. The number of halogens is 1. The van der Waals surface area contributed by atoms with Gasteiger partial charge in [-0.3, -0.25) is 4.79 Å². The van der Waals surface area contributed by atoms with Gasteiger partial charge in [0.1, 0.15) is 0 Å². The van der Waals surface area contributed by atoms with E-state index in [1.807, 2.05) is 17.0 Å². The SMILES string of the molecule is O=C(CC1CCc2ccccc21)N1CCCN(C(=O)Nc2cccc(Cl)c2)CC1. The van der Waals surface area contributed by atoms with Crippen LogP contribution in [0.1, 0.15) is 36.3 Å². The molecule has 1 fully saturated rings. The van der Waals surface area contributed by atoms with Crippen molar-refractivity contribution in [3.8, 4) is 0 Å². The number of rotatable bonds is 3. The number of hydrogen-bond acceptors (Lipinski definition) is 2. The molecule has 0 saturated carbocycles. The lowest BCUT2D eigenvalue weighted by molar-refractivity contribution is -0.131. The molecule has 0 spiro atoms. The predicted molar refractivity (Wildman–Crippen MR) is 115 cm³/mol. The molecular formula is C23H26ClN3O2. The molecule has 1 heterocycles. The summed E-state index contributed by atoms with van der Waals surface area (Å²) >= 11 is 5.99. The van der Waals surface area contributed by atoms with E-state index in [0.29, 0.717) is 49.2 Å². The second-order valence-electron chi connectivity index (χ2n) is 7.80. The lowest BCUT2D eigenvalue weighted by atomic mass is 9.97. The van der Waals surface area contributed by atoms with Gasteiger partial charge < -0.3 is 15.1 Å². The van der Waals surface area contributed by atoms with Crippen LogP contribution in [0.4, 0.5) is 10.5 Å². The van der Waals surface area contributed by atoms with E-state index in [0.717, 1.165) is 19.3 Å². The first-order valence-electron chi connectivity index (χ1n) is 10.3. The smallest absolute Gasteiger partial charge is 0.321 e. The number of hydrogen-bond donors (Lipinski definition) is 1. The maximum absolute atomic E-state index is 12.9. The average Bonchev–Trinajstić information content (AvgIpc) is 2.95. The van der Waals surface area contributed by atoms with Crippen LogP contribution in [0.2, 0.25) is 5.02 Å². The standard InChI is InChI=1S/C23H26ClN3O2/c24-19-6-3-7-20(16-19)25-23(29)27-12-4-11-26(13-14-27)22(28)15-18-10-9-17-5-1-2-8-21(17)18/h1-3,5-8,16,18H,4,9-15H2,(H,25,29). The molecule has 1 unspecified atom stereocenters. The minimum absolute atomic E-state index is 0.147. The number of urea groups is 1. The molecule has 2 aromatic carbocycles. The van der Waals surface area contributed by atoms with Gasteiger partial charge in [-0.25, -0.2) is 4.79 Å². The Morgan fingerprint density at radius 3 is 2.66 bits per heavy atom. The Hall–Kier alpha value is -2.53. The Bertz CT molecular complexity index is 901. The highest BCUT2D eigenvalue weighted by molar-refractivity contribution is 6.30. The molecule has 1 aliphatic carbocycles. The van der Waals surface area contributed by atoms with Gasteiger partial charge in [-0.1, -0.05) is 41.9 Å². The van der Waals surface area contributed by atoms with Crippen molar-refractivity contribution in [1.82, 2.24) is 9.80 Å². The van der Waals surface area contributed by atoms with E-state index in [9.17, 15) is 9.59 Å². The fourth-order valence-electron chi connectivity index (χ4n) is 4.34. The summed E-state index contributed by atoms with van der Waals surface area (Å²) in [5.74, 6) is 0.521. The van der Waals surface area contributed by atoms with E-state index >= 15 is 0 Å². The van der Waals surface area contributed by atoms with E-state index < -0.39 is 0 Å². The van der Waals surface area contributed by atoms with Crippen LogP contribution in [0.5, 0.6) is 0 Å². The van der Waals surface area contributed by atoms with E-state index in [1.54, 1.807) is 17.0 Å². The summed E-state index contributed by atoms with van der Waals surface area (Å²) in [6.07, 6.45) is 3.46. The summed E-state index contributed by atoms with van der Waals surface area (Å²) in [4.78, 5) is 29.2. The Balaban J connectivity index is 1.31. The Morgan fingerprint density at radius 1 is 1.00 bits per heavy atom. The summed E-state index contributed by atoms with van der Waals surface area (Å²) in [5.41, 5.74) is 3.39. The van der Waals surface area contributed by atoms with Crippen molar-refractivity contribution < 1.29 is 9.59 Å². The quantitative estimate of drug-likeness (QED) is 0.806. The molecule has 29 heavy (non-hydrogen) atoms. The third-order valence-electron chi connectivity index (χ3n) is 5.89. The summed E-state index contributed by atoms with van der Waals surface area (Å²) in [6, 6.07) is 15.4. The minimum atomic E-state index is -0.147. The Labute approximate surface area is 176 Å². The Kier molecular flexibility index (Phi) is 6.05. The summed E-state index contributed by atoms with van der Waals surface area (Å²) < 4.78 is 0. The van der Waals surface area contributed by atoms with Gasteiger partial charge >= 0.3 is 6.03 Å². The van der Waals surface area contributed by atoms with E-state index in [2.05, 4.69) is 29.6 Å². The molecular weight excluding hydrogens is 386 g/mol. The van der Waals surface area contributed by atoms with Crippen LogP contribution in [-0.2, 0) is 11.2 Å². The van der Waals surface area contributed by atoms with Gasteiger partial charge in [0.15, 0.2) is 0 Å². The van der Waals surface area contributed by atoms with Crippen LogP contribution >= 0.6 is 11.6 Å². The van der Waals surface area contributed by atoms with Gasteiger partial charge in [0.2, 0.25) is 5.91 Å². The number of aryl methyl sites for hydroxylation is 1. The van der Waals surface area contributed by atoms with Gasteiger partial charge in [0.05, 0.1) is 0 Å². The Morgan fingerprint density at radius 2 is 1.79 bits per heavy atom. The monoisotopic (exact) mass is 411 g/mol. The zero-order valence-electron chi connectivity index (χ0n) is 16.4. The fraction of sp³-hybridized carbons (Fsp3) is 0.391. The summed E-state index contributed by atoms with van der Waals surface area (Å²) in [7, 11) is 0. The van der Waals surface area contributed by atoms with Crippen LogP contribution in [0.25, 0.3) is 0 Å². The first-order chi connectivity index (χ1) is 14.1. The fourth-order valence-corrected chi connectivity index (χ4v) is 4.53. The number of fused-ring (bicyclic) bond motifs is 1. The van der Waals surface area contributed by atoms with Crippen LogP contribution in [0.3, 0.4) is 0 Å². The molecule has 2 aromatic rings. The highest BCUT2D eigenvalue weighted by Crippen LogP contribution is 2.35. The first-order valence-corrected chi connectivity index (χ1v) is 10.6. The number of benzene rings is 2. The molecule has 6 heteroatoms. The number of carbonyl (C=O) groups excluding carboxylic acids is 2. The summed E-state index contributed by atoms with van der Waals surface area (Å²) in [5, 5.41) is 3.48. The minimum Gasteiger partial charge on any atom is -0.341 e. The lowest BCUT2D eigenvalue weighted by Crippen LogP contribution is -2.39. The van der Waals surface area contributed by atoms with Crippen LogP contribution < -0.4 is 5.32 Å². The number of anilines is 1. The lowest BCUT2D eigenvalue weighted by Gasteiger charge is -2.24. The average molecular weight is 412 g/mol. The van der Waals surface area contributed by atoms with Crippen LogP contribution in [0, 0.1) is 0 Å². The molecule has 1 atom stereocenters. The van der Waals surface area contributed by atoms with Gasteiger partial charge in [0.25, 0.3) is 0 Å². The topological polar surface area (TPSA) is 52.7 Å². The summed E-state index contributed by atoms with van der Waals surface area (Å²) in [6.45, 7) is 2.46. The van der Waals surface area contributed by atoms with Gasteiger partial charge in [-0.15, -0.1) is 0 Å². The van der Waals surface area contributed by atoms with Crippen molar-refractivity contribution in [1.29, 1.82) is 0 Å². The van der Waals surface area contributed by atoms with Crippen molar-refractivity contribution >= 4 is 29.2 Å². The van der Waals surface area contributed by atoms with Crippen molar-refractivity contribution in [2.75, 3.05) is 31.5 Å².